The van der Waals surface area contributed by atoms with Crippen molar-refractivity contribution in [1.29, 1.82) is 0 Å². The molecule has 8 heteroatoms. The lowest BCUT2D eigenvalue weighted by atomic mass is 10.1. The number of thiazole rings is 1. The monoisotopic (exact) mass is 424 g/mol. The van der Waals surface area contributed by atoms with Crippen molar-refractivity contribution in [2.75, 3.05) is 6.54 Å². The van der Waals surface area contributed by atoms with Crippen LogP contribution in [0, 0.1) is 13.8 Å². The molecule has 3 aromatic rings. The zero-order valence-corrected chi connectivity index (χ0v) is 17.9. The number of carbonyl (C=O) groups excluding carboxylic acids is 2. The third-order valence-corrected chi connectivity index (χ3v) is 6.28. The van der Waals surface area contributed by atoms with E-state index >= 15 is 0 Å². The number of rotatable bonds is 6. The highest BCUT2D eigenvalue weighted by molar-refractivity contribution is 7.13. The van der Waals surface area contributed by atoms with Crippen LogP contribution in [0.3, 0.4) is 0 Å². The maximum atomic E-state index is 12.7. The molecule has 7 nitrogen and oxygen atoms in total. The Bertz CT molecular complexity index is 1040. The van der Waals surface area contributed by atoms with Crippen LogP contribution in [-0.2, 0) is 22.6 Å². The molecule has 1 atom stereocenters. The molecule has 4 rings (SSSR count). The average molecular weight is 425 g/mol. The predicted octanol–water partition coefficient (Wildman–Crippen LogP) is 3.26. The van der Waals surface area contributed by atoms with E-state index < -0.39 is 6.04 Å². The van der Waals surface area contributed by atoms with Crippen LogP contribution in [-0.4, -0.2) is 39.4 Å². The Balaban J connectivity index is 1.34. The van der Waals surface area contributed by atoms with Gasteiger partial charge in [0.05, 0.1) is 28.2 Å². The number of benzene rings is 1. The van der Waals surface area contributed by atoms with Crippen molar-refractivity contribution in [3.8, 4) is 10.4 Å². The van der Waals surface area contributed by atoms with Gasteiger partial charge in [-0.25, -0.2) is 4.98 Å². The summed E-state index contributed by atoms with van der Waals surface area (Å²) in [7, 11) is 0. The maximum absolute atomic E-state index is 12.7. The summed E-state index contributed by atoms with van der Waals surface area (Å²) in [6, 6.07) is 9.44. The van der Waals surface area contributed by atoms with E-state index in [1.54, 1.807) is 22.3 Å². The van der Waals surface area contributed by atoms with E-state index in [9.17, 15) is 9.59 Å². The third kappa shape index (κ3) is 4.43. The quantitative estimate of drug-likeness (QED) is 0.656. The maximum Gasteiger partial charge on any atom is 0.243 e. The summed E-state index contributed by atoms with van der Waals surface area (Å²) in [6.45, 7) is 4.83. The molecule has 1 N–H and O–H groups in total. The summed E-state index contributed by atoms with van der Waals surface area (Å²) >= 11 is 1.62. The van der Waals surface area contributed by atoms with E-state index in [1.165, 1.54) is 0 Å². The number of hydrogen-bond donors (Lipinski definition) is 1. The average Bonchev–Trinajstić information content (AvgIpc) is 3.48. The second-order valence-corrected chi connectivity index (χ2v) is 8.39. The van der Waals surface area contributed by atoms with Gasteiger partial charge in [0.15, 0.2) is 0 Å². The summed E-state index contributed by atoms with van der Waals surface area (Å²) in [5, 5.41) is 6.79. The Morgan fingerprint density at radius 3 is 2.73 bits per heavy atom. The van der Waals surface area contributed by atoms with Gasteiger partial charge in [-0.15, -0.1) is 11.3 Å². The van der Waals surface area contributed by atoms with Gasteiger partial charge in [-0.05, 0) is 37.8 Å². The molecule has 0 unspecified atom stereocenters. The van der Waals surface area contributed by atoms with Crippen LogP contribution in [0.15, 0.2) is 40.4 Å². The van der Waals surface area contributed by atoms with Crippen LogP contribution >= 0.6 is 11.3 Å². The van der Waals surface area contributed by atoms with Crippen molar-refractivity contribution in [2.24, 2.45) is 0 Å². The van der Waals surface area contributed by atoms with Gasteiger partial charge < -0.3 is 14.7 Å². The van der Waals surface area contributed by atoms with E-state index in [1.807, 2.05) is 43.6 Å². The highest BCUT2D eigenvalue weighted by atomic mass is 32.1. The Hall–Kier alpha value is -3.00. The molecule has 0 spiro atoms. The van der Waals surface area contributed by atoms with Crippen molar-refractivity contribution in [3.05, 3.63) is 58.6 Å². The minimum Gasteiger partial charge on any atom is -0.361 e. The normalized spacial score (nSPS) is 16.1. The largest absolute Gasteiger partial charge is 0.361 e. The molecule has 0 saturated carbocycles. The fraction of sp³-hybridized carbons (Fsp3) is 0.364. The highest BCUT2D eigenvalue weighted by Crippen LogP contribution is 2.27. The molecule has 3 heterocycles. The zero-order chi connectivity index (χ0) is 21.1. The molecule has 1 aliphatic rings. The Morgan fingerprint density at radius 1 is 1.27 bits per heavy atom. The molecule has 0 radical (unpaired) electrons. The molecule has 0 bridgehead atoms. The van der Waals surface area contributed by atoms with Crippen LogP contribution < -0.4 is 5.32 Å². The van der Waals surface area contributed by atoms with Crippen molar-refractivity contribution < 1.29 is 14.1 Å². The molecule has 1 aromatic carbocycles. The second kappa shape index (κ2) is 8.79. The van der Waals surface area contributed by atoms with Crippen LogP contribution in [0.4, 0.5) is 0 Å². The number of nitrogens with zero attached hydrogens (tertiary/aromatic N) is 3. The first-order valence-corrected chi connectivity index (χ1v) is 10.9. The van der Waals surface area contributed by atoms with E-state index in [0.29, 0.717) is 25.3 Å². The molecular weight excluding hydrogens is 400 g/mol. The van der Waals surface area contributed by atoms with Gasteiger partial charge in [0.2, 0.25) is 11.8 Å². The Labute approximate surface area is 179 Å². The summed E-state index contributed by atoms with van der Waals surface area (Å²) < 4.78 is 5.14. The molecule has 1 fully saturated rings. The van der Waals surface area contributed by atoms with Crippen LogP contribution in [0.25, 0.3) is 10.4 Å². The third-order valence-electron chi connectivity index (χ3n) is 5.31. The van der Waals surface area contributed by atoms with Crippen LogP contribution in [0.5, 0.6) is 0 Å². The fourth-order valence-corrected chi connectivity index (χ4v) is 4.56. The lowest BCUT2D eigenvalue weighted by Crippen LogP contribution is -2.46. The molecule has 1 saturated heterocycles. The molecule has 0 aliphatic carbocycles. The van der Waals surface area contributed by atoms with E-state index in [-0.39, 0.29) is 18.2 Å². The first-order valence-electron chi connectivity index (χ1n) is 10.00. The number of carbonyl (C=O) groups is 2. The zero-order valence-electron chi connectivity index (χ0n) is 17.1. The van der Waals surface area contributed by atoms with E-state index in [4.69, 9.17) is 4.52 Å². The summed E-state index contributed by atoms with van der Waals surface area (Å²) in [4.78, 5) is 32.5. The molecular formula is C22H24N4O3S. The number of likely N-dealkylation sites (tertiary alicyclic amines) is 1. The van der Waals surface area contributed by atoms with Crippen LogP contribution in [0.1, 0.15) is 35.6 Å². The van der Waals surface area contributed by atoms with Gasteiger partial charge in [0.1, 0.15) is 11.8 Å². The molecule has 2 aromatic heterocycles. The van der Waals surface area contributed by atoms with Gasteiger partial charge >= 0.3 is 0 Å². The van der Waals surface area contributed by atoms with Crippen molar-refractivity contribution in [1.82, 2.24) is 20.4 Å². The standard InChI is InChI=1S/C22H24N4O3S/c1-14-10-18(29-25-14)11-20(27)26-9-3-4-19(26)22(28)23-12-16-5-7-17(8-6-16)21-15(2)24-13-30-21/h5-8,10,13,19H,3-4,9,11-12H2,1-2H3,(H,23,28)/t19-/m0/s1. The number of aromatic nitrogens is 2. The fourth-order valence-electron chi connectivity index (χ4n) is 3.75. The first-order chi connectivity index (χ1) is 14.5. The second-order valence-electron chi connectivity index (χ2n) is 7.54. The lowest BCUT2D eigenvalue weighted by molar-refractivity contribution is -0.138. The summed E-state index contributed by atoms with van der Waals surface area (Å²) in [6.07, 6.45) is 1.63. The lowest BCUT2D eigenvalue weighted by Gasteiger charge is -2.23. The van der Waals surface area contributed by atoms with E-state index in [2.05, 4.69) is 15.5 Å². The van der Waals surface area contributed by atoms with E-state index in [0.717, 1.165) is 33.8 Å². The van der Waals surface area contributed by atoms with Crippen LogP contribution in [0.2, 0.25) is 0 Å². The Morgan fingerprint density at radius 2 is 2.07 bits per heavy atom. The Kier molecular flexibility index (Phi) is 5.94. The minimum atomic E-state index is -0.430. The molecule has 156 valence electrons. The minimum absolute atomic E-state index is 0.104. The smallest absolute Gasteiger partial charge is 0.243 e. The van der Waals surface area contributed by atoms with Crippen molar-refractivity contribution >= 4 is 23.2 Å². The summed E-state index contributed by atoms with van der Waals surface area (Å²) in [5.41, 5.74) is 5.75. The predicted molar refractivity (Wildman–Crippen MR) is 114 cm³/mol. The van der Waals surface area contributed by atoms with Crippen molar-refractivity contribution in [2.45, 2.75) is 45.7 Å². The van der Waals surface area contributed by atoms with Gasteiger partial charge in [0, 0.05) is 19.2 Å². The number of aryl methyl sites for hydroxylation is 2. The molecule has 30 heavy (non-hydrogen) atoms. The van der Waals surface area contributed by atoms with Gasteiger partial charge in [-0.3, -0.25) is 9.59 Å². The number of hydrogen-bond acceptors (Lipinski definition) is 6. The molecule has 2 amide bonds. The summed E-state index contributed by atoms with van der Waals surface area (Å²) in [5.74, 6) is 0.310. The SMILES string of the molecule is Cc1cc(CC(=O)N2CCC[C@H]2C(=O)NCc2ccc(-c3scnc3C)cc2)on1. The topological polar surface area (TPSA) is 88.3 Å². The number of nitrogens with one attached hydrogen (secondary N) is 1. The van der Waals surface area contributed by atoms with Crippen molar-refractivity contribution in [3.63, 3.8) is 0 Å². The highest BCUT2D eigenvalue weighted by Gasteiger charge is 2.34. The van der Waals surface area contributed by atoms with Gasteiger partial charge in [-0.2, -0.15) is 0 Å². The molecule has 1 aliphatic heterocycles. The van der Waals surface area contributed by atoms with Gasteiger partial charge in [0.25, 0.3) is 0 Å². The number of amides is 2. The first kappa shape index (κ1) is 20.3. The van der Waals surface area contributed by atoms with Gasteiger partial charge in [-0.1, -0.05) is 29.4 Å².